The van der Waals surface area contributed by atoms with Crippen molar-refractivity contribution in [2.75, 3.05) is 12.4 Å². The molecular weight excluding hydrogens is 548 g/mol. The van der Waals surface area contributed by atoms with E-state index < -0.39 is 17.8 Å². The number of carbonyl (C=O) groups is 1. The predicted octanol–water partition coefficient (Wildman–Crippen LogP) is 6.27. The number of rotatable bonds is 5. The van der Waals surface area contributed by atoms with Crippen molar-refractivity contribution in [1.29, 1.82) is 0 Å². The Morgan fingerprint density at radius 3 is 2.61 bits per heavy atom. The molecule has 1 aliphatic rings. The highest BCUT2D eigenvalue weighted by Crippen LogP contribution is 2.37. The van der Waals surface area contributed by atoms with Gasteiger partial charge in [0.2, 0.25) is 0 Å². The number of alkyl halides is 4. The van der Waals surface area contributed by atoms with Crippen molar-refractivity contribution in [2.45, 2.75) is 48.7 Å². The van der Waals surface area contributed by atoms with Crippen LogP contribution in [0.15, 0.2) is 36.5 Å². The van der Waals surface area contributed by atoms with Crippen molar-refractivity contribution >= 4 is 45.1 Å². The van der Waals surface area contributed by atoms with Crippen LogP contribution in [0.2, 0.25) is 0 Å². The molecule has 1 aromatic carbocycles. The van der Waals surface area contributed by atoms with Gasteiger partial charge in [-0.2, -0.15) is 18.3 Å². The van der Waals surface area contributed by atoms with E-state index in [9.17, 15) is 18.0 Å². The fraction of sp³-hybridized carbons (Fsp3) is 0.435. The largest absolute Gasteiger partial charge is 0.494 e. The minimum atomic E-state index is -4.63. The number of nitrogens with one attached hydrogen (secondary N) is 1. The van der Waals surface area contributed by atoms with E-state index >= 15 is 0 Å². The average molecular weight is 572 g/mol. The van der Waals surface area contributed by atoms with E-state index in [1.54, 1.807) is 12.1 Å². The zero-order valence-corrected chi connectivity index (χ0v) is 20.4. The van der Waals surface area contributed by atoms with Crippen molar-refractivity contribution in [3.05, 3.63) is 47.9 Å². The molecule has 1 atom stereocenters. The highest BCUT2D eigenvalue weighted by molar-refractivity contribution is 14.1. The number of halogens is 4. The molecule has 0 radical (unpaired) electrons. The molecule has 1 N–H and O–H groups in total. The summed E-state index contributed by atoms with van der Waals surface area (Å²) < 4.78 is 46.9. The van der Waals surface area contributed by atoms with E-state index in [2.05, 4.69) is 39.8 Å². The first-order chi connectivity index (χ1) is 15.7. The van der Waals surface area contributed by atoms with Crippen LogP contribution in [0.1, 0.15) is 54.8 Å². The van der Waals surface area contributed by atoms with Gasteiger partial charge in [0.1, 0.15) is 17.1 Å². The summed E-state index contributed by atoms with van der Waals surface area (Å²) in [7, 11) is 1.46. The van der Waals surface area contributed by atoms with Crippen LogP contribution in [0.3, 0.4) is 0 Å². The second kappa shape index (κ2) is 9.47. The smallest absolute Gasteiger partial charge is 0.433 e. The third-order valence-electron chi connectivity index (χ3n) is 6.13. The van der Waals surface area contributed by atoms with E-state index in [1.807, 2.05) is 10.9 Å². The topological polar surface area (TPSA) is 69.0 Å². The summed E-state index contributed by atoms with van der Waals surface area (Å²) in [5.74, 6) is 0.353. The van der Waals surface area contributed by atoms with Crippen LogP contribution in [-0.2, 0) is 6.18 Å². The summed E-state index contributed by atoms with van der Waals surface area (Å²) in [5.41, 5.74) is -0.378. The fourth-order valence-corrected chi connectivity index (χ4v) is 4.98. The summed E-state index contributed by atoms with van der Waals surface area (Å²) in [6, 6.07) is 6.98. The van der Waals surface area contributed by atoms with Gasteiger partial charge in [0.25, 0.3) is 5.91 Å². The summed E-state index contributed by atoms with van der Waals surface area (Å²) >= 11 is 2.49. The van der Waals surface area contributed by atoms with Crippen molar-refractivity contribution in [3.63, 3.8) is 0 Å². The Morgan fingerprint density at radius 2 is 1.97 bits per heavy atom. The van der Waals surface area contributed by atoms with Crippen LogP contribution in [0.5, 0.6) is 5.75 Å². The zero-order chi connectivity index (χ0) is 23.8. The molecule has 6 nitrogen and oxygen atoms in total. The molecule has 3 aromatic rings. The van der Waals surface area contributed by atoms with Gasteiger partial charge in [-0.25, -0.2) is 4.98 Å². The number of fused-ring (bicyclic) bond motifs is 1. The molecule has 4 rings (SSSR count). The van der Waals surface area contributed by atoms with Crippen molar-refractivity contribution in [3.8, 4) is 5.75 Å². The van der Waals surface area contributed by atoms with Crippen LogP contribution in [0, 0.1) is 5.92 Å². The number of amides is 1. The number of carbonyl (C=O) groups excluding carboxylic acids is 1. The third-order valence-corrected chi connectivity index (χ3v) is 7.15. The highest BCUT2D eigenvalue weighted by atomic mass is 127. The van der Waals surface area contributed by atoms with Crippen LogP contribution in [-0.4, -0.2) is 31.7 Å². The lowest BCUT2D eigenvalue weighted by Gasteiger charge is -2.30. The Kier molecular flexibility index (Phi) is 6.83. The molecule has 1 aliphatic carbocycles. The second-order valence-corrected chi connectivity index (χ2v) is 10.3. The standard InChI is InChI=1S/C23H24F3IN4O2/c1-13(27)14-6-8-16(9-7-14)31-12-15-10-19(20(33-2)11-18(15)30-31)29-22(32)17-4-3-5-21(28-17)23(24,25)26/h3-5,10-14,16H,6-9H2,1-2H3,(H,29,32). The van der Waals surface area contributed by atoms with Gasteiger partial charge in [0.15, 0.2) is 0 Å². The maximum atomic E-state index is 12.9. The van der Waals surface area contributed by atoms with Crippen LogP contribution < -0.4 is 10.1 Å². The van der Waals surface area contributed by atoms with Crippen molar-refractivity contribution < 1.29 is 22.7 Å². The van der Waals surface area contributed by atoms with E-state index in [4.69, 9.17) is 9.84 Å². The lowest BCUT2D eigenvalue weighted by Crippen LogP contribution is -2.22. The summed E-state index contributed by atoms with van der Waals surface area (Å²) in [4.78, 5) is 16.1. The molecule has 0 saturated heterocycles. The molecule has 33 heavy (non-hydrogen) atoms. The maximum absolute atomic E-state index is 12.9. The van der Waals surface area contributed by atoms with Gasteiger partial charge in [-0.1, -0.05) is 35.6 Å². The summed E-state index contributed by atoms with van der Waals surface area (Å²) in [5, 5.41) is 8.15. The van der Waals surface area contributed by atoms with Gasteiger partial charge >= 0.3 is 6.18 Å². The molecule has 2 aromatic heterocycles. The molecule has 0 aliphatic heterocycles. The molecule has 0 spiro atoms. The van der Waals surface area contributed by atoms with Gasteiger partial charge in [0, 0.05) is 21.6 Å². The number of ether oxygens (including phenoxy) is 1. The number of pyridine rings is 1. The molecule has 1 fully saturated rings. The van der Waals surface area contributed by atoms with E-state index in [1.165, 1.54) is 26.0 Å². The van der Waals surface area contributed by atoms with Gasteiger partial charge < -0.3 is 10.1 Å². The molecule has 1 unspecified atom stereocenters. The first kappa shape index (κ1) is 23.8. The molecule has 176 valence electrons. The van der Waals surface area contributed by atoms with Gasteiger partial charge in [-0.05, 0) is 49.8 Å². The number of hydrogen-bond donors (Lipinski definition) is 1. The van der Waals surface area contributed by atoms with Gasteiger partial charge in [0.05, 0.1) is 24.4 Å². The Hall–Kier alpha value is -2.37. The Balaban J connectivity index is 1.56. The van der Waals surface area contributed by atoms with Gasteiger partial charge in [-0.3, -0.25) is 9.48 Å². The van der Waals surface area contributed by atoms with E-state index in [-0.39, 0.29) is 5.69 Å². The van der Waals surface area contributed by atoms with Crippen molar-refractivity contribution in [2.24, 2.45) is 5.92 Å². The SMILES string of the molecule is COc1cc2nn(C3CCC(C(C)I)CC3)cc2cc1NC(=O)c1cccc(C(F)(F)F)n1. The molecule has 0 bridgehead atoms. The maximum Gasteiger partial charge on any atom is 0.433 e. The Labute approximate surface area is 203 Å². The number of methoxy groups -OCH3 is 1. The average Bonchev–Trinajstić information content (AvgIpc) is 3.21. The molecule has 10 heteroatoms. The van der Waals surface area contributed by atoms with Gasteiger partial charge in [-0.15, -0.1) is 0 Å². The summed E-state index contributed by atoms with van der Waals surface area (Å²) in [6.45, 7) is 2.25. The number of aromatic nitrogens is 3. The lowest BCUT2D eigenvalue weighted by molar-refractivity contribution is -0.141. The molecule has 1 saturated carbocycles. The summed E-state index contributed by atoms with van der Waals surface area (Å²) in [6.07, 6.45) is 1.78. The third kappa shape index (κ3) is 5.25. The van der Waals surface area contributed by atoms with E-state index in [0.29, 0.717) is 21.4 Å². The first-order valence-electron chi connectivity index (χ1n) is 10.7. The highest BCUT2D eigenvalue weighted by Gasteiger charge is 2.33. The minimum absolute atomic E-state index is 0.321. The Bertz CT molecular complexity index is 1150. The monoisotopic (exact) mass is 572 g/mol. The first-order valence-corrected chi connectivity index (χ1v) is 12.0. The zero-order valence-electron chi connectivity index (χ0n) is 18.2. The molecule has 1 amide bonds. The molecule has 2 heterocycles. The second-order valence-electron chi connectivity index (χ2n) is 8.33. The fourth-order valence-electron chi connectivity index (χ4n) is 4.26. The number of nitrogens with zero attached hydrogens (tertiary/aromatic N) is 3. The molecular formula is C23H24F3IN4O2. The Morgan fingerprint density at radius 1 is 1.24 bits per heavy atom. The van der Waals surface area contributed by atoms with Crippen LogP contribution in [0.25, 0.3) is 10.9 Å². The predicted molar refractivity (Wildman–Crippen MR) is 128 cm³/mol. The minimum Gasteiger partial charge on any atom is -0.494 e. The lowest BCUT2D eigenvalue weighted by atomic mass is 9.84. The number of anilines is 1. The van der Waals surface area contributed by atoms with Crippen molar-refractivity contribution in [1.82, 2.24) is 14.8 Å². The van der Waals surface area contributed by atoms with E-state index in [0.717, 1.165) is 41.8 Å². The number of benzene rings is 1. The van der Waals surface area contributed by atoms with Crippen LogP contribution >= 0.6 is 22.6 Å². The van der Waals surface area contributed by atoms with Crippen LogP contribution in [0.4, 0.5) is 18.9 Å². The number of hydrogen-bond acceptors (Lipinski definition) is 4. The normalized spacial score (nSPS) is 19.9. The quantitative estimate of drug-likeness (QED) is 0.289.